The van der Waals surface area contributed by atoms with Gasteiger partial charge >= 0.3 is 107 Å². The van der Waals surface area contributed by atoms with Crippen LogP contribution in [0.15, 0.2) is 0 Å². The van der Waals surface area contributed by atoms with Crippen LogP contribution in [-0.4, -0.2) is 48.1 Å². The molecule has 0 rings (SSSR count). The fourth-order valence-corrected chi connectivity index (χ4v) is 1.71. The van der Waals surface area contributed by atoms with Crippen LogP contribution in [0.1, 0.15) is 0 Å². The standard InChI is InChI=1S/C8H3F16O4P.2Na/c9-1(10)2(11,12)3(13,14)4(15,16)5(17,18)6(19,20)7(21,22)8(23,24)28-29(25,26)27;;/h1H,(H2,25,26,27);;/q;2*+1/p-2. The fourth-order valence-electron chi connectivity index (χ4n) is 1.32. The van der Waals surface area contributed by atoms with E-state index in [9.17, 15) is 84.6 Å². The van der Waals surface area contributed by atoms with Crippen molar-refractivity contribution in [2.24, 2.45) is 0 Å². The summed E-state index contributed by atoms with van der Waals surface area (Å²) in [6, 6.07) is 0. The Kier molecular flexibility index (Phi) is 11.7. The maximum atomic E-state index is 13.1. The number of phosphoric acid groups is 1. The summed E-state index contributed by atoms with van der Waals surface area (Å²) in [4.78, 5) is 19.6. The molecule has 0 aliphatic rings. The molecule has 0 aliphatic carbocycles. The number of hydrogen-bond donors (Lipinski definition) is 0. The van der Waals surface area contributed by atoms with Gasteiger partial charge in [0.1, 0.15) is 0 Å². The predicted octanol–water partition coefficient (Wildman–Crippen LogP) is -2.49. The predicted molar refractivity (Wildman–Crippen MR) is 49.3 cm³/mol. The number of hydrogen-bond acceptors (Lipinski definition) is 4. The molecule has 0 N–H and O–H groups in total. The van der Waals surface area contributed by atoms with Crippen LogP contribution < -0.4 is 68.9 Å². The molecule has 0 bridgehead atoms. The molecule has 0 aromatic rings. The summed E-state index contributed by atoms with van der Waals surface area (Å²) in [5.41, 5.74) is 0. The molecule has 0 spiro atoms. The van der Waals surface area contributed by atoms with Crippen LogP contribution in [0.5, 0.6) is 0 Å². The van der Waals surface area contributed by atoms with Gasteiger partial charge in [-0.3, -0.25) is 4.52 Å². The van der Waals surface area contributed by atoms with Crippen LogP contribution in [0.3, 0.4) is 0 Å². The fraction of sp³-hybridized carbons (Fsp3) is 1.00. The molecule has 0 atom stereocenters. The van der Waals surface area contributed by atoms with Gasteiger partial charge in [-0.15, -0.1) is 0 Å². The Morgan fingerprint density at radius 2 is 0.839 bits per heavy atom. The van der Waals surface area contributed by atoms with Gasteiger partial charge in [-0.25, -0.2) is 8.78 Å². The van der Waals surface area contributed by atoms with Crippen molar-refractivity contribution in [3.05, 3.63) is 0 Å². The summed E-state index contributed by atoms with van der Waals surface area (Å²) in [6.45, 7) is 0. The largest absolute Gasteiger partial charge is 1.00 e. The molecular weight excluding hydrogens is 541 g/mol. The Hall–Kier alpha value is 0.990. The average Bonchev–Trinajstić information content (AvgIpc) is 2.43. The van der Waals surface area contributed by atoms with Crippen molar-refractivity contribution in [3.63, 3.8) is 0 Å². The zero-order chi connectivity index (χ0) is 24.3. The number of alkyl halides is 16. The normalized spacial score (nSPS) is 15.5. The topological polar surface area (TPSA) is 72.4 Å². The molecule has 23 heteroatoms. The molecule has 0 aromatic carbocycles. The second-order valence-corrected chi connectivity index (χ2v) is 5.93. The molecule has 31 heavy (non-hydrogen) atoms. The van der Waals surface area contributed by atoms with E-state index < -0.39 is 55.9 Å². The van der Waals surface area contributed by atoms with Gasteiger partial charge in [-0.1, -0.05) is 0 Å². The number of rotatable bonds is 9. The second kappa shape index (κ2) is 9.93. The van der Waals surface area contributed by atoms with E-state index in [1.165, 1.54) is 4.52 Å². The molecular formula is C8HF16Na2O4P. The molecule has 0 heterocycles. The molecule has 4 nitrogen and oxygen atoms in total. The van der Waals surface area contributed by atoms with E-state index >= 15 is 0 Å². The molecule has 0 unspecified atom stereocenters. The van der Waals surface area contributed by atoms with Crippen molar-refractivity contribution < 1.29 is 148 Å². The van der Waals surface area contributed by atoms with Gasteiger partial charge in [0, 0.05) is 0 Å². The Balaban J connectivity index is -0.00000392. The Labute approximate surface area is 203 Å². The first-order chi connectivity index (χ1) is 12.2. The van der Waals surface area contributed by atoms with Crippen LogP contribution >= 0.6 is 7.82 Å². The van der Waals surface area contributed by atoms with Gasteiger partial charge < -0.3 is 14.4 Å². The molecule has 0 fully saturated rings. The third-order valence-corrected chi connectivity index (χ3v) is 3.31. The van der Waals surface area contributed by atoms with E-state index in [1.807, 2.05) is 0 Å². The van der Waals surface area contributed by atoms with E-state index in [0.29, 0.717) is 0 Å². The maximum Gasteiger partial charge on any atom is 1.00 e. The summed E-state index contributed by atoms with van der Waals surface area (Å²) in [5, 5.41) is 0. The Bertz CT molecular complexity index is 664. The minimum Gasteiger partial charge on any atom is -0.790 e. The van der Waals surface area contributed by atoms with Crippen molar-refractivity contribution in [2.75, 3.05) is 0 Å². The first-order valence-corrected chi connectivity index (χ1v) is 7.27. The van der Waals surface area contributed by atoms with E-state index in [2.05, 4.69) is 0 Å². The van der Waals surface area contributed by atoms with Crippen LogP contribution in [-0.2, 0) is 9.09 Å². The first kappa shape index (κ1) is 36.6. The van der Waals surface area contributed by atoms with Crippen molar-refractivity contribution >= 4 is 7.82 Å². The van der Waals surface area contributed by atoms with Gasteiger partial charge in [0.2, 0.25) is 0 Å². The van der Waals surface area contributed by atoms with E-state index in [0.717, 1.165) is 0 Å². The third-order valence-electron chi connectivity index (χ3n) is 2.86. The van der Waals surface area contributed by atoms with Gasteiger partial charge in [0.15, 0.2) is 0 Å². The van der Waals surface area contributed by atoms with E-state index in [1.54, 1.807) is 0 Å². The van der Waals surface area contributed by atoms with Crippen molar-refractivity contribution in [2.45, 2.75) is 48.1 Å². The number of halogens is 16. The summed E-state index contributed by atoms with van der Waals surface area (Å²) in [5.74, 6) is -50.0. The third kappa shape index (κ3) is 5.80. The summed E-state index contributed by atoms with van der Waals surface area (Å²) < 4.78 is 215. The number of phosphoric ester groups is 1. The molecule has 0 amide bonds. The molecule has 0 aliphatic heterocycles. The minimum atomic E-state index is -8.70. The zero-order valence-corrected chi connectivity index (χ0v) is 19.1. The quantitative estimate of drug-likeness (QED) is 0.184. The van der Waals surface area contributed by atoms with Crippen LogP contribution in [0.4, 0.5) is 70.2 Å². The summed E-state index contributed by atoms with van der Waals surface area (Å²) >= 11 is 0. The molecule has 176 valence electrons. The smallest absolute Gasteiger partial charge is 0.790 e. The maximum absolute atomic E-state index is 13.1. The zero-order valence-electron chi connectivity index (χ0n) is 14.2. The van der Waals surface area contributed by atoms with Gasteiger partial charge in [-0.2, -0.15) is 61.5 Å². The average molecular weight is 542 g/mol. The van der Waals surface area contributed by atoms with Crippen molar-refractivity contribution in [1.82, 2.24) is 0 Å². The molecule has 0 aromatic heterocycles. The molecule has 0 radical (unpaired) electrons. The monoisotopic (exact) mass is 542 g/mol. The van der Waals surface area contributed by atoms with Crippen LogP contribution in [0, 0.1) is 0 Å². The van der Waals surface area contributed by atoms with Crippen molar-refractivity contribution in [3.8, 4) is 0 Å². The Morgan fingerprint density at radius 1 is 0.581 bits per heavy atom. The molecule has 0 saturated heterocycles. The summed E-state index contributed by atoms with van der Waals surface area (Å²) in [7, 11) is -7.48. The molecule has 0 saturated carbocycles. The van der Waals surface area contributed by atoms with Crippen LogP contribution in [0.2, 0.25) is 0 Å². The summed E-state index contributed by atoms with van der Waals surface area (Å²) in [6.07, 6.45) is -13.6. The minimum absolute atomic E-state index is 0. The van der Waals surface area contributed by atoms with Gasteiger partial charge in [-0.05, 0) is 0 Å². The van der Waals surface area contributed by atoms with E-state index in [4.69, 9.17) is 0 Å². The SMILES string of the molecule is O=P([O-])([O-])OC(F)(F)C(F)(F)C(F)(F)C(F)(F)C(F)(F)C(F)(F)C(F)(F)C(F)F.[Na+].[Na+]. The van der Waals surface area contributed by atoms with Gasteiger partial charge in [0.25, 0.3) is 0 Å². The van der Waals surface area contributed by atoms with Crippen molar-refractivity contribution in [1.29, 1.82) is 0 Å². The first-order valence-electron chi connectivity index (χ1n) is 5.81. The second-order valence-electron chi connectivity index (χ2n) is 4.85. The van der Waals surface area contributed by atoms with Crippen LogP contribution in [0.25, 0.3) is 0 Å². The Morgan fingerprint density at radius 3 is 1.10 bits per heavy atom. The van der Waals surface area contributed by atoms with Gasteiger partial charge in [0.05, 0.1) is 7.82 Å². The van der Waals surface area contributed by atoms with E-state index in [-0.39, 0.29) is 59.1 Å².